The van der Waals surface area contributed by atoms with Crippen LogP contribution in [0.2, 0.25) is 0 Å². The minimum absolute atomic E-state index is 0.315. The maximum Gasteiger partial charge on any atom is 0.342 e. The van der Waals surface area contributed by atoms with E-state index < -0.39 is 5.97 Å². The normalized spacial score (nSPS) is 10.5. The van der Waals surface area contributed by atoms with E-state index in [1.54, 1.807) is 12.1 Å². The van der Waals surface area contributed by atoms with Gasteiger partial charge in [0.25, 0.3) is 0 Å². The second-order valence-electron chi connectivity index (χ2n) is 4.54. The summed E-state index contributed by atoms with van der Waals surface area (Å²) in [5.41, 5.74) is 0.319. The lowest BCUT2D eigenvalue weighted by molar-refractivity contribution is 0.0462. The number of hydrogen-bond acceptors (Lipinski definition) is 6. The van der Waals surface area contributed by atoms with E-state index in [-0.39, 0.29) is 0 Å². The van der Waals surface area contributed by atoms with E-state index in [1.807, 2.05) is 0 Å². The summed E-state index contributed by atoms with van der Waals surface area (Å²) in [6, 6.07) is 3.27. The molecule has 0 bridgehead atoms. The van der Waals surface area contributed by atoms with Crippen LogP contribution in [-0.2, 0) is 4.74 Å². The molecule has 124 valence electrons. The fourth-order valence-electron chi connectivity index (χ4n) is 2.15. The Bertz CT molecular complexity index is 486. The van der Waals surface area contributed by atoms with Gasteiger partial charge in [-0.1, -0.05) is 13.8 Å². The van der Waals surface area contributed by atoms with E-state index in [9.17, 15) is 4.79 Å². The monoisotopic (exact) mass is 311 g/mol. The maximum atomic E-state index is 12.2. The molecule has 0 saturated carbocycles. The molecule has 0 radical (unpaired) electrons. The number of hydrogen-bond donors (Lipinski definition) is 0. The molecule has 0 unspecified atom stereocenters. The Morgan fingerprint density at radius 3 is 2.14 bits per heavy atom. The fourth-order valence-corrected chi connectivity index (χ4v) is 2.15. The molecule has 0 aromatic heterocycles. The first kappa shape index (κ1) is 18.1. The molecule has 0 aliphatic rings. The highest BCUT2D eigenvalue weighted by Gasteiger charge is 2.21. The zero-order valence-electron chi connectivity index (χ0n) is 14.0. The van der Waals surface area contributed by atoms with E-state index in [1.165, 1.54) is 21.3 Å². The molecule has 0 saturated heterocycles. The Morgan fingerprint density at radius 1 is 1.00 bits per heavy atom. The van der Waals surface area contributed by atoms with Gasteiger partial charge in [0, 0.05) is 6.54 Å². The molecule has 0 N–H and O–H groups in total. The topological polar surface area (TPSA) is 57.2 Å². The van der Waals surface area contributed by atoms with E-state index >= 15 is 0 Å². The number of rotatable bonds is 9. The predicted octanol–water partition coefficient (Wildman–Crippen LogP) is 2.21. The summed E-state index contributed by atoms with van der Waals surface area (Å²) < 4.78 is 21.1. The Labute approximate surface area is 131 Å². The van der Waals surface area contributed by atoms with Gasteiger partial charge in [-0.15, -0.1) is 0 Å². The van der Waals surface area contributed by atoms with Gasteiger partial charge < -0.3 is 23.8 Å². The van der Waals surface area contributed by atoms with Crippen LogP contribution in [0.5, 0.6) is 17.2 Å². The number of carbonyl (C=O) groups excluding carboxylic acids is 1. The van der Waals surface area contributed by atoms with Crippen molar-refractivity contribution in [1.82, 2.24) is 4.90 Å². The molecule has 22 heavy (non-hydrogen) atoms. The zero-order valence-corrected chi connectivity index (χ0v) is 14.0. The van der Waals surface area contributed by atoms with Gasteiger partial charge in [-0.25, -0.2) is 4.79 Å². The highest BCUT2D eigenvalue weighted by Crippen LogP contribution is 2.39. The van der Waals surface area contributed by atoms with Crippen LogP contribution in [0.3, 0.4) is 0 Å². The van der Waals surface area contributed by atoms with Crippen molar-refractivity contribution < 1.29 is 23.7 Å². The first-order chi connectivity index (χ1) is 10.6. The zero-order chi connectivity index (χ0) is 16.5. The number of nitrogens with zero attached hydrogens (tertiary/aromatic N) is 1. The number of methoxy groups -OCH3 is 3. The van der Waals surface area contributed by atoms with Gasteiger partial charge in [0.05, 0.1) is 21.3 Å². The third kappa shape index (κ3) is 4.27. The summed E-state index contributed by atoms with van der Waals surface area (Å²) >= 11 is 0. The highest BCUT2D eigenvalue weighted by atomic mass is 16.5. The summed E-state index contributed by atoms with van der Waals surface area (Å²) in [5, 5.41) is 0. The van der Waals surface area contributed by atoms with E-state index in [0.717, 1.165) is 13.1 Å². The lowest BCUT2D eigenvalue weighted by Gasteiger charge is -2.18. The van der Waals surface area contributed by atoms with Crippen LogP contribution in [0.4, 0.5) is 0 Å². The largest absolute Gasteiger partial charge is 0.493 e. The molecule has 0 atom stereocenters. The Balaban J connectivity index is 2.85. The van der Waals surface area contributed by atoms with Crippen LogP contribution in [-0.4, -0.2) is 58.4 Å². The Morgan fingerprint density at radius 2 is 1.64 bits per heavy atom. The molecular weight excluding hydrogens is 286 g/mol. The van der Waals surface area contributed by atoms with Gasteiger partial charge >= 0.3 is 5.97 Å². The molecule has 0 amide bonds. The molecule has 0 heterocycles. The molecule has 6 nitrogen and oxygen atoms in total. The standard InChI is InChI=1S/C16H25NO5/c1-6-17(7-2)10-11-22-16(18)12-8-9-13(19-3)15(21-5)14(12)20-4/h8-9H,6-7,10-11H2,1-5H3. The quantitative estimate of drug-likeness (QED) is 0.652. The van der Waals surface area contributed by atoms with Crippen LogP contribution in [0.1, 0.15) is 24.2 Å². The SMILES string of the molecule is CCN(CC)CCOC(=O)c1ccc(OC)c(OC)c1OC. The molecule has 0 spiro atoms. The average Bonchev–Trinajstić information content (AvgIpc) is 2.56. The van der Waals surface area contributed by atoms with Crippen molar-refractivity contribution in [2.24, 2.45) is 0 Å². The van der Waals surface area contributed by atoms with Crippen LogP contribution in [0.15, 0.2) is 12.1 Å². The molecule has 1 aromatic rings. The third-order valence-corrected chi connectivity index (χ3v) is 3.46. The van der Waals surface area contributed by atoms with Gasteiger partial charge in [0.15, 0.2) is 11.5 Å². The van der Waals surface area contributed by atoms with E-state index in [0.29, 0.717) is 36.0 Å². The summed E-state index contributed by atoms with van der Waals surface area (Å²) in [5.74, 6) is 0.752. The smallest absolute Gasteiger partial charge is 0.342 e. The van der Waals surface area contributed by atoms with E-state index in [4.69, 9.17) is 18.9 Å². The second kappa shape index (κ2) is 9.15. The number of likely N-dealkylation sites (N-methyl/N-ethyl adjacent to an activating group) is 1. The molecule has 6 heteroatoms. The summed E-state index contributed by atoms with van der Waals surface area (Å²) in [6.07, 6.45) is 0. The number of benzene rings is 1. The van der Waals surface area contributed by atoms with Crippen molar-refractivity contribution in [3.8, 4) is 17.2 Å². The highest BCUT2D eigenvalue weighted by molar-refractivity contribution is 5.94. The number of ether oxygens (including phenoxy) is 4. The van der Waals surface area contributed by atoms with Gasteiger partial charge in [-0.05, 0) is 25.2 Å². The number of esters is 1. The third-order valence-electron chi connectivity index (χ3n) is 3.46. The van der Waals surface area contributed by atoms with Crippen LogP contribution >= 0.6 is 0 Å². The Hall–Kier alpha value is -1.95. The van der Waals surface area contributed by atoms with Crippen molar-refractivity contribution in [1.29, 1.82) is 0 Å². The summed E-state index contributed by atoms with van der Waals surface area (Å²) in [4.78, 5) is 14.4. The first-order valence-corrected chi connectivity index (χ1v) is 7.31. The summed E-state index contributed by atoms with van der Waals surface area (Å²) in [6.45, 7) is 7.03. The van der Waals surface area contributed by atoms with Gasteiger partial charge in [-0.3, -0.25) is 0 Å². The van der Waals surface area contributed by atoms with Crippen LogP contribution in [0.25, 0.3) is 0 Å². The lowest BCUT2D eigenvalue weighted by Crippen LogP contribution is -2.28. The minimum Gasteiger partial charge on any atom is -0.493 e. The van der Waals surface area contributed by atoms with Crippen LogP contribution < -0.4 is 14.2 Å². The van der Waals surface area contributed by atoms with Crippen molar-refractivity contribution in [3.05, 3.63) is 17.7 Å². The summed E-state index contributed by atoms with van der Waals surface area (Å²) in [7, 11) is 4.50. The van der Waals surface area contributed by atoms with Gasteiger partial charge in [0.1, 0.15) is 12.2 Å². The number of carbonyl (C=O) groups is 1. The van der Waals surface area contributed by atoms with Crippen molar-refractivity contribution in [2.45, 2.75) is 13.8 Å². The van der Waals surface area contributed by atoms with Crippen LogP contribution in [0, 0.1) is 0 Å². The molecular formula is C16H25NO5. The first-order valence-electron chi connectivity index (χ1n) is 7.31. The van der Waals surface area contributed by atoms with Gasteiger partial charge in [0.2, 0.25) is 5.75 Å². The van der Waals surface area contributed by atoms with Gasteiger partial charge in [-0.2, -0.15) is 0 Å². The average molecular weight is 311 g/mol. The maximum absolute atomic E-state index is 12.2. The Kier molecular flexibility index (Phi) is 7.52. The van der Waals surface area contributed by atoms with Crippen molar-refractivity contribution in [3.63, 3.8) is 0 Å². The predicted molar refractivity (Wildman–Crippen MR) is 84.2 cm³/mol. The van der Waals surface area contributed by atoms with E-state index in [2.05, 4.69) is 18.7 Å². The van der Waals surface area contributed by atoms with Crippen molar-refractivity contribution >= 4 is 5.97 Å². The van der Waals surface area contributed by atoms with Crippen molar-refractivity contribution in [2.75, 3.05) is 47.6 Å². The lowest BCUT2D eigenvalue weighted by atomic mass is 10.1. The molecule has 1 rings (SSSR count). The molecule has 0 aliphatic carbocycles. The molecule has 0 aliphatic heterocycles. The molecule has 1 aromatic carbocycles. The fraction of sp³-hybridized carbons (Fsp3) is 0.562. The minimum atomic E-state index is -0.440. The molecule has 0 fully saturated rings. The second-order valence-corrected chi connectivity index (χ2v) is 4.54.